The van der Waals surface area contributed by atoms with E-state index < -0.39 is 0 Å². The van der Waals surface area contributed by atoms with Gasteiger partial charge in [-0.25, -0.2) is 0 Å². The van der Waals surface area contributed by atoms with Gasteiger partial charge in [0.25, 0.3) is 0 Å². The molecule has 0 aliphatic carbocycles. The molecule has 3 rings (SSSR count). The predicted octanol–water partition coefficient (Wildman–Crippen LogP) is 1.95. The summed E-state index contributed by atoms with van der Waals surface area (Å²) in [4.78, 5) is 17.3. The maximum Gasteiger partial charge on any atom is 0.238 e. The molecule has 6 heteroatoms. The third-order valence-electron chi connectivity index (χ3n) is 5.27. The number of anilines is 1. The van der Waals surface area contributed by atoms with E-state index in [2.05, 4.69) is 53.3 Å². The standard InChI is InChI=1S/C19H30N4O.ClH/c1-14-10-15(2)19(16(3)11-14)21-18(24)13-22-6-8-23(9-7-22)17-4-5-20-12-17;/h10-11,17,20H,4-9,12-13H2,1-3H3,(H,21,24);1H. The summed E-state index contributed by atoms with van der Waals surface area (Å²) < 4.78 is 0. The normalized spacial score (nSPS) is 21.8. The van der Waals surface area contributed by atoms with Crippen LogP contribution in [0.1, 0.15) is 23.1 Å². The summed E-state index contributed by atoms with van der Waals surface area (Å²) in [6.07, 6.45) is 1.26. The lowest BCUT2D eigenvalue weighted by Crippen LogP contribution is -2.52. The van der Waals surface area contributed by atoms with Crippen molar-refractivity contribution >= 4 is 24.0 Å². The van der Waals surface area contributed by atoms with E-state index in [0.29, 0.717) is 12.6 Å². The second-order valence-electron chi connectivity index (χ2n) is 7.28. The highest BCUT2D eigenvalue weighted by molar-refractivity contribution is 5.93. The molecule has 2 aliphatic rings. The van der Waals surface area contributed by atoms with Crippen LogP contribution < -0.4 is 10.6 Å². The highest BCUT2D eigenvalue weighted by Gasteiger charge is 2.26. The van der Waals surface area contributed by atoms with E-state index in [1.165, 1.54) is 12.0 Å². The smallest absolute Gasteiger partial charge is 0.238 e. The monoisotopic (exact) mass is 366 g/mol. The second-order valence-corrected chi connectivity index (χ2v) is 7.28. The van der Waals surface area contributed by atoms with Gasteiger partial charge in [0, 0.05) is 44.5 Å². The largest absolute Gasteiger partial charge is 0.324 e. The van der Waals surface area contributed by atoms with Crippen molar-refractivity contribution in [3.63, 3.8) is 0 Å². The highest BCUT2D eigenvalue weighted by atomic mass is 35.5. The van der Waals surface area contributed by atoms with Crippen LogP contribution >= 0.6 is 12.4 Å². The first-order chi connectivity index (χ1) is 11.5. The number of nitrogens with one attached hydrogen (secondary N) is 2. The van der Waals surface area contributed by atoms with E-state index in [1.54, 1.807) is 0 Å². The quantitative estimate of drug-likeness (QED) is 0.855. The van der Waals surface area contributed by atoms with E-state index in [1.807, 2.05) is 0 Å². The molecule has 2 N–H and O–H groups in total. The molecule has 25 heavy (non-hydrogen) atoms. The molecule has 0 saturated carbocycles. The maximum atomic E-state index is 12.4. The summed E-state index contributed by atoms with van der Waals surface area (Å²) in [5.41, 5.74) is 4.49. The Hall–Kier alpha value is -1.14. The van der Waals surface area contributed by atoms with Crippen LogP contribution in [0.5, 0.6) is 0 Å². The summed E-state index contributed by atoms with van der Waals surface area (Å²) in [5, 5.41) is 6.55. The third-order valence-corrected chi connectivity index (χ3v) is 5.27. The number of amides is 1. The van der Waals surface area contributed by atoms with Gasteiger partial charge in [0.15, 0.2) is 0 Å². The number of carbonyl (C=O) groups excluding carboxylic acids is 1. The number of piperazine rings is 1. The van der Waals surface area contributed by atoms with E-state index in [-0.39, 0.29) is 18.3 Å². The van der Waals surface area contributed by atoms with Gasteiger partial charge in [0.05, 0.1) is 6.54 Å². The number of hydrogen-bond acceptors (Lipinski definition) is 4. The molecule has 1 aromatic carbocycles. The van der Waals surface area contributed by atoms with Crippen molar-refractivity contribution in [1.29, 1.82) is 0 Å². The topological polar surface area (TPSA) is 47.6 Å². The van der Waals surface area contributed by atoms with Crippen molar-refractivity contribution in [3.05, 3.63) is 28.8 Å². The minimum Gasteiger partial charge on any atom is -0.324 e. The minimum absolute atomic E-state index is 0. The lowest BCUT2D eigenvalue weighted by Gasteiger charge is -2.37. The van der Waals surface area contributed by atoms with Crippen molar-refractivity contribution in [2.24, 2.45) is 0 Å². The Bertz CT molecular complexity index is 570. The Kier molecular flexibility index (Phi) is 7.25. The molecule has 1 atom stereocenters. The fourth-order valence-electron chi connectivity index (χ4n) is 4.00. The Morgan fingerprint density at radius 2 is 1.80 bits per heavy atom. The molecule has 140 valence electrons. The molecule has 2 saturated heterocycles. The number of hydrogen-bond donors (Lipinski definition) is 2. The van der Waals surface area contributed by atoms with E-state index in [9.17, 15) is 4.79 Å². The van der Waals surface area contributed by atoms with Gasteiger partial charge in [-0.1, -0.05) is 17.7 Å². The van der Waals surface area contributed by atoms with Crippen molar-refractivity contribution in [3.8, 4) is 0 Å². The Morgan fingerprint density at radius 3 is 2.36 bits per heavy atom. The van der Waals surface area contributed by atoms with Gasteiger partial charge >= 0.3 is 0 Å². The fourth-order valence-corrected chi connectivity index (χ4v) is 4.00. The highest BCUT2D eigenvalue weighted by Crippen LogP contribution is 2.22. The molecule has 2 heterocycles. The third kappa shape index (κ3) is 5.17. The van der Waals surface area contributed by atoms with Crippen molar-refractivity contribution in [2.75, 3.05) is 51.1 Å². The molecule has 2 aliphatic heterocycles. The summed E-state index contributed by atoms with van der Waals surface area (Å²) >= 11 is 0. The van der Waals surface area contributed by atoms with Crippen LogP contribution in [0.25, 0.3) is 0 Å². The lowest BCUT2D eigenvalue weighted by atomic mass is 10.1. The molecule has 0 radical (unpaired) electrons. The van der Waals surface area contributed by atoms with Crippen molar-refractivity contribution < 1.29 is 4.79 Å². The number of halogens is 1. The maximum absolute atomic E-state index is 12.4. The molecule has 5 nitrogen and oxygen atoms in total. The van der Waals surface area contributed by atoms with Gasteiger partial charge in [-0.2, -0.15) is 0 Å². The van der Waals surface area contributed by atoms with Crippen LogP contribution in [-0.4, -0.2) is 67.6 Å². The van der Waals surface area contributed by atoms with Crippen molar-refractivity contribution in [2.45, 2.75) is 33.2 Å². The summed E-state index contributed by atoms with van der Waals surface area (Å²) in [6.45, 7) is 13.1. The first-order valence-electron chi connectivity index (χ1n) is 9.08. The zero-order valence-electron chi connectivity index (χ0n) is 15.6. The number of carbonyl (C=O) groups is 1. The van der Waals surface area contributed by atoms with Gasteiger partial charge in [0.2, 0.25) is 5.91 Å². The van der Waals surface area contributed by atoms with E-state index in [0.717, 1.165) is 56.1 Å². The Balaban J connectivity index is 0.00000225. The van der Waals surface area contributed by atoms with Crippen LogP contribution in [0.15, 0.2) is 12.1 Å². The molecule has 1 unspecified atom stereocenters. The van der Waals surface area contributed by atoms with Crippen LogP contribution in [0.4, 0.5) is 5.69 Å². The second kappa shape index (κ2) is 8.99. The number of nitrogens with zero attached hydrogens (tertiary/aromatic N) is 2. The molecule has 2 fully saturated rings. The molecule has 0 spiro atoms. The van der Waals surface area contributed by atoms with Gasteiger partial charge in [-0.15, -0.1) is 12.4 Å². The molecule has 1 aromatic rings. The number of aryl methyl sites for hydroxylation is 3. The fraction of sp³-hybridized carbons (Fsp3) is 0.632. The van der Waals surface area contributed by atoms with Gasteiger partial charge in [-0.3, -0.25) is 14.6 Å². The lowest BCUT2D eigenvalue weighted by molar-refractivity contribution is -0.117. The summed E-state index contributed by atoms with van der Waals surface area (Å²) in [6, 6.07) is 4.94. The van der Waals surface area contributed by atoms with Gasteiger partial charge in [0.1, 0.15) is 0 Å². The van der Waals surface area contributed by atoms with Gasteiger partial charge < -0.3 is 10.6 Å². The Labute approximate surface area is 157 Å². The van der Waals surface area contributed by atoms with E-state index in [4.69, 9.17) is 0 Å². The molecular formula is C19H31ClN4O. The predicted molar refractivity (Wildman–Crippen MR) is 106 cm³/mol. The SMILES string of the molecule is Cc1cc(C)c(NC(=O)CN2CCN(C3CCNC3)CC2)c(C)c1.Cl. The molecular weight excluding hydrogens is 336 g/mol. The Morgan fingerprint density at radius 1 is 1.16 bits per heavy atom. The average Bonchev–Trinajstić information content (AvgIpc) is 3.06. The molecule has 0 bridgehead atoms. The van der Waals surface area contributed by atoms with Crippen molar-refractivity contribution in [1.82, 2.24) is 15.1 Å². The number of benzene rings is 1. The molecule has 1 amide bonds. The van der Waals surface area contributed by atoms with Crippen LogP contribution in [0.3, 0.4) is 0 Å². The van der Waals surface area contributed by atoms with Gasteiger partial charge in [-0.05, 0) is 44.9 Å². The van der Waals surface area contributed by atoms with Crippen LogP contribution in [0.2, 0.25) is 0 Å². The van der Waals surface area contributed by atoms with E-state index >= 15 is 0 Å². The zero-order valence-corrected chi connectivity index (χ0v) is 16.4. The summed E-state index contributed by atoms with van der Waals surface area (Å²) in [5.74, 6) is 0.0982. The number of rotatable bonds is 4. The first-order valence-corrected chi connectivity index (χ1v) is 9.08. The molecule has 0 aromatic heterocycles. The zero-order chi connectivity index (χ0) is 17.1. The minimum atomic E-state index is 0. The van der Waals surface area contributed by atoms with Crippen LogP contribution in [-0.2, 0) is 4.79 Å². The van der Waals surface area contributed by atoms with Crippen LogP contribution in [0, 0.1) is 20.8 Å². The average molecular weight is 367 g/mol. The summed E-state index contributed by atoms with van der Waals surface area (Å²) in [7, 11) is 0. The first kappa shape index (κ1) is 20.2.